The van der Waals surface area contributed by atoms with E-state index in [9.17, 15) is 23.6 Å². The van der Waals surface area contributed by atoms with Crippen LogP contribution < -0.4 is 5.48 Å². The molecule has 1 aromatic rings. The van der Waals surface area contributed by atoms with Gasteiger partial charge in [-0.3, -0.25) is 19.2 Å². The summed E-state index contributed by atoms with van der Waals surface area (Å²) in [5, 5.41) is 0. The van der Waals surface area contributed by atoms with Crippen LogP contribution >= 0.6 is 0 Å². The monoisotopic (exact) mass is 415 g/mol. The summed E-state index contributed by atoms with van der Waals surface area (Å²) in [6, 6.07) is 5.89. The summed E-state index contributed by atoms with van der Waals surface area (Å²) in [5.74, 6) is -2.13. The van der Waals surface area contributed by atoms with Crippen LogP contribution in [0.15, 0.2) is 46.6 Å². The zero-order valence-electron chi connectivity index (χ0n) is 17.6. The van der Waals surface area contributed by atoms with Crippen LogP contribution in [0.25, 0.3) is 0 Å². The predicted octanol–water partition coefficient (Wildman–Crippen LogP) is 3.87. The maximum absolute atomic E-state index is 13.4. The lowest BCUT2D eigenvalue weighted by Gasteiger charge is -2.26. The van der Waals surface area contributed by atoms with Crippen molar-refractivity contribution < 1.29 is 28.4 Å². The van der Waals surface area contributed by atoms with Crippen LogP contribution in [-0.2, 0) is 24.0 Å². The van der Waals surface area contributed by atoms with E-state index in [1.54, 1.807) is 32.9 Å². The molecule has 1 atom stereocenters. The van der Waals surface area contributed by atoms with Crippen molar-refractivity contribution in [3.05, 3.63) is 57.9 Å². The Balaban J connectivity index is 2.20. The second kappa shape index (κ2) is 10.1. The number of ketones is 2. The van der Waals surface area contributed by atoms with Gasteiger partial charge in [-0.25, -0.2) is 4.39 Å². The van der Waals surface area contributed by atoms with Crippen molar-refractivity contribution in [2.75, 3.05) is 0 Å². The Hall–Kier alpha value is -3.09. The number of unbranched alkanes of at least 4 members (excludes halogenated alkanes) is 1. The number of carbonyl (C=O) groups excluding carboxylic acids is 4. The highest BCUT2D eigenvalue weighted by atomic mass is 19.1. The van der Waals surface area contributed by atoms with Gasteiger partial charge in [0.15, 0.2) is 11.6 Å². The number of Topliss-reactive ketones (excluding diaryl/α,β-unsaturated/α-hetero) is 2. The second-order valence-corrected chi connectivity index (χ2v) is 7.42. The number of amides is 1. The number of hydrogen-bond acceptors (Lipinski definition) is 5. The molecule has 1 unspecified atom stereocenters. The summed E-state index contributed by atoms with van der Waals surface area (Å²) in [4.78, 5) is 52.5. The van der Waals surface area contributed by atoms with Crippen LogP contribution in [0.3, 0.4) is 0 Å². The number of benzene rings is 1. The van der Waals surface area contributed by atoms with Crippen molar-refractivity contribution in [1.82, 2.24) is 5.48 Å². The molecule has 30 heavy (non-hydrogen) atoms. The van der Waals surface area contributed by atoms with Gasteiger partial charge in [0.2, 0.25) is 0 Å². The standard InChI is InChI=1S/C23H26FNO5/c1-13-14(2)23(29)21(15(3)22(13)28)19(17-9-11-18(24)12-10-17)7-5-6-8-20(27)25-30-16(4)26/h9-12,19H,5-8H2,1-4H3,(H,25,27). The molecule has 1 aliphatic carbocycles. The first-order valence-corrected chi connectivity index (χ1v) is 9.82. The Bertz CT molecular complexity index is 927. The topological polar surface area (TPSA) is 89.5 Å². The normalized spacial score (nSPS) is 15.4. The van der Waals surface area contributed by atoms with Gasteiger partial charge < -0.3 is 4.84 Å². The Morgan fingerprint density at radius 1 is 0.967 bits per heavy atom. The molecular formula is C23H26FNO5. The molecule has 0 saturated carbocycles. The minimum absolute atomic E-state index is 0.145. The van der Waals surface area contributed by atoms with E-state index in [4.69, 9.17) is 0 Å². The SMILES string of the molecule is CC(=O)ONC(=O)CCCCC(C1=C(C)C(=O)C(C)=C(C)C1=O)c1ccc(F)cc1. The first-order chi connectivity index (χ1) is 14.1. The van der Waals surface area contributed by atoms with Gasteiger partial charge in [0.25, 0.3) is 5.91 Å². The molecule has 6 nitrogen and oxygen atoms in total. The van der Waals surface area contributed by atoms with Crippen molar-refractivity contribution in [3.8, 4) is 0 Å². The van der Waals surface area contributed by atoms with Crippen molar-refractivity contribution in [1.29, 1.82) is 0 Å². The Morgan fingerprint density at radius 3 is 2.17 bits per heavy atom. The van der Waals surface area contributed by atoms with E-state index in [0.717, 1.165) is 5.56 Å². The Morgan fingerprint density at radius 2 is 1.57 bits per heavy atom. The molecule has 160 valence electrons. The zero-order valence-corrected chi connectivity index (χ0v) is 17.6. The Labute approximate surface area is 175 Å². The number of rotatable bonds is 7. The number of allylic oxidation sites excluding steroid dienone is 4. The third-order valence-corrected chi connectivity index (χ3v) is 5.31. The molecule has 0 heterocycles. The van der Waals surface area contributed by atoms with Gasteiger partial charge in [-0.2, -0.15) is 5.48 Å². The molecule has 2 rings (SSSR count). The molecule has 0 bridgehead atoms. The lowest BCUT2D eigenvalue weighted by molar-refractivity contribution is -0.156. The highest BCUT2D eigenvalue weighted by molar-refractivity contribution is 6.25. The van der Waals surface area contributed by atoms with Crippen LogP contribution in [0.5, 0.6) is 0 Å². The number of halogens is 1. The van der Waals surface area contributed by atoms with Crippen LogP contribution in [0.4, 0.5) is 4.39 Å². The van der Waals surface area contributed by atoms with E-state index in [1.807, 2.05) is 0 Å². The van der Waals surface area contributed by atoms with E-state index in [1.165, 1.54) is 19.1 Å². The first-order valence-electron chi connectivity index (χ1n) is 9.82. The van der Waals surface area contributed by atoms with Crippen LogP contribution in [-0.4, -0.2) is 23.4 Å². The van der Waals surface area contributed by atoms with Crippen LogP contribution in [0.1, 0.15) is 64.9 Å². The zero-order chi connectivity index (χ0) is 22.4. The predicted molar refractivity (Wildman–Crippen MR) is 109 cm³/mol. The number of nitrogens with one attached hydrogen (secondary N) is 1. The molecule has 0 fully saturated rings. The van der Waals surface area contributed by atoms with Gasteiger partial charge in [-0.15, -0.1) is 0 Å². The summed E-state index contributed by atoms with van der Waals surface area (Å²) in [7, 11) is 0. The fourth-order valence-corrected chi connectivity index (χ4v) is 3.52. The summed E-state index contributed by atoms with van der Waals surface area (Å²) < 4.78 is 13.4. The lowest BCUT2D eigenvalue weighted by Crippen LogP contribution is -2.26. The van der Waals surface area contributed by atoms with Crippen molar-refractivity contribution >= 4 is 23.4 Å². The number of hydrogen-bond donors (Lipinski definition) is 1. The average Bonchev–Trinajstić information content (AvgIpc) is 2.71. The fourth-order valence-electron chi connectivity index (χ4n) is 3.52. The summed E-state index contributed by atoms with van der Waals surface area (Å²) in [6.45, 7) is 6.12. The van der Waals surface area contributed by atoms with Gasteiger partial charge in [0, 0.05) is 41.6 Å². The van der Waals surface area contributed by atoms with Crippen molar-refractivity contribution in [2.24, 2.45) is 0 Å². The molecule has 0 saturated heterocycles. The van der Waals surface area contributed by atoms with Crippen LogP contribution in [0, 0.1) is 5.82 Å². The molecular weight excluding hydrogens is 389 g/mol. The van der Waals surface area contributed by atoms with Crippen molar-refractivity contribution in [2.45, 2.75) is 59.3 Å². The molecule has 1 aliphatic rings. The van der Waals surface area contributed by atoms with E-state index in [0.29, 0.717) is 41.6 Å². The molecule has 1 amide bonds. The molecule has 0 aromatic heterocycles. The van der Waals surface area contributed by atoms with Gasteiger partial charge in [-0.1, -0.05) is 18.6 Å². The smallest absolute Gasteiger partial charge is 0.329 e. The van der Waals surface area contributed by atoms with Gasteiger partial charge in [-0.05, 0) is 51.3 Å². The number of hydroxylamine groups is 1. The summed E-state index contributed by atoms with van der Waals surface area (Å²) in [5.41, 5.74) is 4.50. The van der Waals surface area contributed by atoms with E-state index >= 15 is 0 Å². The third-order valence-electron chi connectivity index (χ3n) is 5.31. The summed E-state index contributed by atoms with van der Waals surface area (Å²) >= 11 is 0. The number of carbonyl (C=O) groups is 4. The average molecular weight is 415 g/mol. The molecule has 0 aliphatic heterocycles. The van der Waals surface area contributed by atoms with E-state index in [2.05, 4.69) is 10.3 Å². The van der Waals surface area contributed by atoms with Gasteiger partial charge in [0.1, 0.15) is 5.82 Å². The summed E-state index contributed by atoms with van der Waals surface area (Å²) in [6.07, 6.45) is 1.72. The molecule has 7 heteroatoms. The van der Waals surface area contributed by atoms with Crippen LogP contribution in [0.2, 0.25) is 0 Å². The minimum Gasteiger partial charge on any atom is -0.341 e. The minimum atomic E-state index is -0.610. The highest BCUT2D eigenvalue weighted by Gasteiger charge is 2.33. The molecule has 0 radical (unpaired) electrons. The van der Waals surface area contributed by atoms with Gasteiger partial charge in [0.05, 0.1) is 0 Å². The fraction of sp³-hybridized carbons (Fsp3) is 0.391. The first kappa shape index (κ1) is 23.2. The van der Waals surface area contributed by atoms with E-state index in [-0.39, 0.29) is 29.7 Å². The molecule has 0 spiro atoms. The Kier molecular flexibility index (Phi) is 7.80. The molecule has 1 N–H and O–H groups in total. The highest BCUT2D eigenvalue weighted by Crippen LogP contribution is 2.37. The quantitative estimate of drug-likeness (QED) is 0.415. The lowest BCUT2D eigenvalue weighted by atomic mass is 9.75. The van der Waals surface area contributed by atoms with Gasteiger partial charge >= 0.3 is 5.97 Å². The largest absolute Gasteiger partial charge is 0.341 e. The van der Waals surface area contributed by atoms with E-state index < -0.39 is 11.9 Å². The maximum atomic E-state index is 13.4. The van der Waals surface area contributed by atoms with Crippen molar-refractivity contribution in [3.63, 3.8) is 0 Å². The third kappa shape index (κ3) is 5.49. The molecule has 1 aromatic carbocycles. The maximum Gasteiger partial charge on any atom is 0.329 e. The second-order valence-electron chi connectivity index (χ2n) is 7.42.